The molecule has 15 heavy (non-hydrogen) atoms. The van der Waals surface area contributed by atoms with E-state index in [-0.39, 0.29) is 5.69 Å². The predicted molar refractivity (Wildman–Crippen MR) is 61.6 cm³/mol. The highest BCUT2D eigenvalue weighted by Gasteiger charge is 2.09. The van der Waals surface area contributed by atoms with Crippen molar-refractivity contribution in [1.82, 2.24) is 9.97 Å². The molecule has 0 atom stereocenters. The van der Waals surface area contributed by atoms with Crippen LogP contribution in [0.2, 0.25) is 0 Å². The van der Waals surface area contributed by atoms with Gasteiger partial charge in [0.2, 0.25) is 0 Å². The van der Waals surface area contributed by atoms with Gasteiger partial charge in [-0.25, -0.2) is 9.97 Å². The zero-order chi connectivity index (χ0) is 11.0. The van der Waals surface area contributed by atoms with Crippen molar-refractivity contribution in [3.05, 3.63) is 37.5 Å². The van der Waals surface area contributed by atoms with Crippen LogP contribution in [0.15, 0.2) is 27.4 Å². The highest BCUT2D eigenvalue weighted by Crippen LogP contribution is 2.24. The Hall–Kier alpha value is -1.08. The Bertz CT molecular complexity index is 559. The zero-order valence-corrected chi connectivity index (χ0v) is 10.3. The van der Waals surface area contributed by atoms with Crippen molar-refractivity contribution < 1.29 is 4.92 Å². The van der Waals surface area contributed by atoms with Crippen molar-refractivity contribution >= 4 is 48.6 Å². The first-order valence-electron chi connectivity index (χ1n) is 3.85. The Labute approximate surface area is 101 Å². The maximum atomic E-state index is 10.5. The van der Waals surface area contributed by atoms with Gasteiger partial charge in [0.1, 0.15) is 9.21 Å². The third-order valence-corrected chi connectivity index (χ3v) is 3.42. The minimum Gasteiger partial charge on any atom is -0.258 e. The van der Waals surface area contributed by atoms with Gasteiger partial charge in [0, 0.05) is 12.1 Å². The third-order valence-electron chi connectivity index (χ3n) is 1.78. The average Bonchev–Trinajstić information content (AvgIpc) is 2.19. The van der Waals surface area contributed by atoms with Crippen molar-refractivity contribution in [2.45, 2.75) is 0 Å². The highest BCUT2D eigenvalue weighted by molar-refractivity contribution is 9.13. The summed E-state index contributed by atoms with van der Waals surface area (Å²) in [5.74, 6) is 0. The number of hydrogen-bond donors (Lipinski definition) is 0. The van der Waals surface area contributed by atoms with Crippen LogP contribution in [0.3, 0.4) is 0 Å². The second kappa shape index (κ2) is 3.82. The van der Waals surface area contributed by atoms with E-state index in [0.717, 1.165) is 0 Å². The number of non-ortho nitro benzene ring substituents is 1. The Kier molecular flexibility index (Phi) is 2.66. The zero-order valence-electron chi connectivity index (χ0n) is 7.15. The van der Waals surface area contributed by atoms with Gasteiger partial charge in [-0.2, -0.15) is 0 Å². The van der Waals surface area contributed by atoms with E-state index in [4.69, 9.17) is 0 Å². The number of rotatable bonds is 1. The largest absolute Gasteiger partial charge is 0.271 e. The second-order valence-electron chi connectivity index (χ2n) is 2.74. The molecular weight excluding hydrogens is 330 g/mol. The van der Waals surface area contributed by atoms with Gasteiger partial charge in [0.05, 0.1) is 16.0 Å². The first-order valence-corrected chi connectivity index (χ1v) is 5.44. The monoisotopic (exact) mass is 331 g/mol. The van der Waals surface area contributed by atoms with Gasteiger partial charge in [-0.15, -0.1) is 0 Å². The van der Waals surface area contributed by atoms with Crippen molar-refractivity contribution in [1.29, 1.82) is 0 Å². The van der Waals surface area contributed by atoms with E-state index in [1.165, 1.54) is 12.1 Å². The van der Waals surface area contributed by atoms with Crippen molar-refractivity contribution in [2.75, 3.05) is 0 Å². The second-order valence-corrected chi connectivity index (χ2v) is 4.24. The lowest BCUT2D eigenvalue weighted by Gasteiger charge is -1.99. The molecule has 0 aliphatic carbocycles. The fraction of sp³-hybridized carbons (Fsp3) is 0. The number of halogens is 2. The molecule has 0 aliphatic rings. The molecule has 0 saturated heterocycles. The highest BCUT2D eigenvalue weighted by atomic mass is 79.9. The first-order chi connectivity index (χ1) is 7.08. The summed E-state index contributed by atoms with van der Waals surface area (Å²) in [5.41, 5.74) is 1.10. The molecule has 0 bridgehead atoms. The number of hydrogen-bond acceptors (Lipinski definition) is 4. The van der Waals surface area contributed by atoms with E-state index in [9.17, 15) is 10.1 Å². The van der Waals surface area contributed by atoms with Crippen molar-refractivity contribution in [3.8, 4) is 0 Å². The lowest BCUT2D eigenvalue weighted by Crippen LogP contribution is -1.91. The predicted octanol–water partition coefficient (Wildman–Crippen LogP) is 3.06. The molecule has 0 fully saturated rings. The average molecular weight is 333 g/mol. The van der Waals surface area contributed by atoms with Crippen LogP contribution in [0.25, 0.3) is 11.0 Å². The van der Waals surface area contributed by atoms with Crippen LogP contribution in [-0.4, -0.2) is 14.9 Å². The van der Waals surface area contributed by atoms with E-state index >= 15 is 0 Å². The first kappa shape index (κ1) is 10.4. The topological polar surface area (TPSA) is 68.9 Å². The number of benzene rings is 1. The van der Waals surface area contributed by atoms with Crippen LogP contribution >= 0.6 is 31.9 Å². The maximum absolute atomic E-state index is 10.5. The number of nitrogens with zero attached hydrogens (tertiary/aromatic N) is 3. The van der Waals surface area contributed by atoms with E-state index in [1.54, 1.807) is 6.07 Å². The minimum absolute atomic E-state index is 0.00558. The molecule has 7 heteroatoms. The SMILES string of the molecule is O=[N+]([O-])c1ccc2nc(Br)c(Br)nc2c1. The Morgan fingerprint density at radius 2 is 1.73 bits per heavy atom. The van der Waals surface area contributed by atoms with Crippen molar-refractivity contribution in [3.63, 3.8) is 0 Å². The summed E-state index contributed by atoms with van der Waals surface area (Å²) in [6.07, 6.45) is 0. The number of nitro benzene ring substituents is 1. The van der Waals surface area contributed by atoms with Crippen LogP contribution < -0.4 is 0 Å². The summed E-state index contributed by atoms with van der Waals surface area (Å²) in [6.45, 7) is 0. The maximum Gasteiger partial charge on any atom is 0.271 e. The standard InChI is InChI=1S/C8H3Br2N3O2/c9-7-8(10)12-6-3-4(13(14)15)1-2-5(6)11-7/h1-3H. The summed E-state index contributed by atoms with van der Waals surface area (Å²) < 4.78 is 1.10. The van der Waals surface area contributed by atoms with Crippen LogP contribution in [-0.2, 0) is 0 Å². The molecule has 0 N–H and O–H groups in total. The number of fused-ring (bicyclic) bond motifs is 1. The summed E-state index contributed by atoms with van der Waals surface area (Å²) >= 11 is 6.40. The summed E-state index contributed by atoms with van der Waals surface area (Å²) in [4.78, 5) is 18.4. The van der Waals surface area contributed by atoms with Gasteiger partial charge >= 0.3 is 0 Å². The summed E-state index contributed by atoms with van der Waals surface area (Å²) in [6, 6.07) is 4.36. The fourth-order valence-corrected chi connectivity index (χ4v) is 1.67. The molecule has 1 aromatic heterocycles. The quantitative estimate of drug-likeness (QED) is 0.594. The van der Waals surface area contributed by atoms with Gasteiger partial charge in [-0.3, -0.25) is 10.1 Å². The molecule has 76 valence electrons. The van der Waals surface area contributed by atoms with Gasteiger partial charge in [-0.1, -0.05) is 0 Å². The molecular formula is C8H3Br2N3O2. The number of aromatic nitrogens is 2. The van der Waals surface area contributed by atoms with E-state index in [0.29, 0.717) is 20.2 Å². The lowest BCUT2D eigenvalue weighted by molar-refractivity contribution is -0.384. The third kappa shape index (κ3) is 1.98. The molecule has 1 aromatic carbocycles. The molecule has 2 rings (SSSR count). The van der Waals surface area contributed by atoms with Gasteiger partial charge in [0.15, 0.2) is 0 Å². The van der Waals surface area contributed by atoms with Crippen molar-refractivity contribution in [2.24, 2.45) is 0 Å². The Morgan fingerprint density at radius 3 is 2.33 bits per heavy atom. The molecule has 1 heterocycles. The van der Waals surface area contributed by atoms with Crippen LogP contribution in [0.5, 0.6) is 0 Å². The van der Waals surface area contributed by atoms with Crippen LogP contribution in [0.4, 0.5) is 5.69 Å². The number of nitro groups is 1. The smallest absolute Gasteiger partial charge is 0.258 e. The molecule has 5 nitrogen and oxygen atoms in total. The molecule has 0 saturated carbocycles. The normalized spacial score (nSPS) is 10.5. The molecule has 0 spiro atoms. The van der Waals surface area contributed by atoms with E-state index in [2.05, 4.69) is 41.8 Å². The minimum atomic E-state index is -0.461. The molecule has 0 amide bonds. The van der Waals surface area contributed by atoms with Gasteiger partial charge in [-0.05, 0) is 37.9 Å². The summed E-state index contributed by atoms with van der Waals surface area (Å²) in [7, 11) is 0. The van der Waals surface area contributed by atoms with Gasteiger partial charge in [0.25, 0.3) is 5.69 Å². The van der Waals surface area contributed by atoms with Crippen LogP contribution in [0, 0.1) is 10.1 Å². The molecule has 0 aliphatic heterocycles. The van der Waals surface area contributed by atoms with E-state index in [1.807, 2.05) is 0 Å². The fourth-order valence-electron chi connectivity index (χ4n) is 1.11. The van der Waals surface area contributed by atoms with Gasteiger partial charge < -0.3 is 0 Å². The Balaban J connectivity index is 2.72. The molecule has 0 radical (unpaired) electrons. The molecule has 2 aromatic rings. The molecule has 0 unspecified atom stereocenters. The summed E-state index contributed by atoms with van der Waals surface area (Å²) in [5, 5.41) is 10.5. The van der Waals surface area contributed by atoms with E-state index < -0.39 is 4.92 Å². The Morgan fingerprint density at radius 1 is 1.13 bits per heavy atom. The lowest BCUT2D eigenvalue weighted by atomic mass is 10.3. The van der Waals surface area contributed by atoms with Crippen LogP contribution in [0.1, 0.15) is 0 Å².